The summed E-state index contributed by atoms with van der Waals surface area (Å²) in [6, 6.07) is 32.2. The van der Waals surface area contributed by atoms with Gasteiger partial charge in [0, 0.05) is 21.9 Å². The average molecular weight is 460 g/mol. The first kappa shape index (κ1) is 22.0. The fraction of sp³-hybridized carbons (Fsp3) is 0.0345. The molecule has 0 radical (unpaired) electrons. The zero-order valence-electron chi connectivity index (χ0n) is 18.7. The molecule has 1 aromatic heterocycles. The number of pyridine rings is 1. The number of ketones is 1. The van der Waals surface area contributed by atoms with Crippen molar-refractivity contribution in [1.29, 1.82) is 0 Å². The quantitative estimate of drug-likeness (QED) is 0.175. The van der Waals surface area contributed by atoms with E-state index in [1.807, 2.05) is 48.5 Å². The van der Waals surface area contributed by atoms with Gasteiger partial charge in [-0.05, 0) is 24.3 Å². The number of hydrogen-bond donors (Lipinski definition) is 1. The maximum absolute atomic E-state index is 13.2. The van der Waals surface area contributed by atoms with Crippen LogP contribution in [0.2, 0.25) is 0 Å². The molecule has 170 valence electrons. The number of aromatic nitrogens is 1. The summed E-state index contributed by atoms with van der Waals surface area (Å²) in [5, 5.41) is 5.30. The third-order valence-corrected chi connectivity index (χ3v) is 5.77. The van der Waals surface area contributed by atoms with Crippen molar-refractivity contribution in [1.82, 2.24) is 9.99 Å². The molecule has 1 heterocycles. The van der Waals surface area contributed by atoms with Crippen molar-refractivity contribution in [3.05, 3.63) is 131 Å². The van der Waals surface area contributed by atoms with Crippen LogP contribution >= 0.6 is 0 Å². The lowest BCUT2D eigenvalue weighted by molar-refractivity contribution is -0.121. The molecule has 6 heteroatoms. The Bertz CT molecular complexity index is 1580. The Morgan fingerprint density at radius 3 is 1.71 bits per heavy atom. The highest BCUT2D eigenvalue weighted by molar-refractivity contribution is 6.51. The smallest absolute Gasteiger partial charge is 0.260 e. The largest absolute Gasteiger partial charge is 0.331 e. The number of fused-ring (bicyclic) bond motifs is 2. The highest BCUT2D eigenvalue weighted by Crippen LogP contribution is 2.19. The topological polar surface area (TPSA) is 80.5 Å². The Balaban J connectivity index is 1.51. The van der Waals surface area contributed by atoms with Gasteiger partial charge in [-0.1, -0.05) is 84.9 Å². The fourth-order valence-corrected chi connectivity index (χ4v) is 4.11. The van der Waals surface area contributed by atoms with Gasteiger partial charge < -0.3 is 4.57 Å². The van der Waals surface area contributed by atoms with Gasteiger partial charge >= 0.3 is 0 Å². The molecule has 0 aliphatic rings. The van der Waals surface area contributed by atoms with Crippen LogP contribution in [0.1, 0.15) is 15.9 Å². The van der Waals surface area contributed by atoms with Gasteiger partial charge in [-0.25, -0.2) is 5.43 Å². The summed E-state index contributed by atoms with van der Waals surface area (Å²) >= 11 is 0. The van der Waals surface area contributed by atoms with E-state index < -0.39 is 5.91 Å². The number of hydrogen-bond acceptors (Lipinski definition) is 4. The lowest BCUT2D eigenvalue weighted by atomic mass is 10.0. The van der Waals surface area contributed by atoms with Crippen LogP contribution in [-0.2, 0) is 11.3 Å². The SMILES string of the molecule is O=C(Cn1c2ccccc2c(=O)c2ccccc21)N/N=C(\C(=O)c1ccccc1)c1ccccc1. The summed E-state index contributed by atoms with van der Waals surface area (Å²) in [4.78, 5) is 39.2. The van der Waals surface area contributed by atoms with E-state index in [2.05, 4.69) is 10.5 Å². The number of carbonyl (C=O) groups excluding carboxylic acids is 2. The first-order chi connectivity index (χ1) is 17.1. The van der Waals surface area contributed by atoms with Crippen LogP contribution in [0.15, 0.2) is 119 Å². The van der Waals surface area contributed by atoms with Crippen LogP contribution in [0.3, 0.4) is 0 Å². The lowest BCUT2D eigenvalue weighted by Gasteiger charge is -2.14. The van der Waals surface area contributed by atoms with Crippen LogP contribution in [-0.4, -0.2) is 22.0 Å². The molecule has 4 aromatic carbocycles. The van der Waals surface area contributed by atoms with E-state index >= 15 is 0 Å². The van der Waals surface area contributed by atoms with Crippen LogP contribution in [0.25, 0.3) is 21.8 Å². The Kier molecular flexibility index (Phi) is 6.01. The van der Waals surface area contributed by atoms with Crippen LogP contribution < -0.4 is 10.9 Å². The monoisotopic (exact) mass is 459 g/mol. The lowest BCUT2D eigenvalue weighted by Crippen LogP contribution is -2.28. The number of hydrazone groups is 1. The van der Waals surface area contributed by atoms with Crippen molar-refractivity contribution >= 4 is 39.2 Å². The van der Waals surface area contributed by atoms with Crippen LogP contribution in [0.4, 0.5) is 0 Å². The van der Waals surface area contributed by atoms with Gasteiger partial charge in [0.25, 0.3) is 5.91 Å². The molecular formula is C29H21N3O3. The third-order valence-electron chi connectivity index (χ3n) is 5.77. The van der Waals surface area contributed by atoms with Gasteiger partial charge in [-0.15, -0.1) is 0 Å². The van der Waals surface area contributed by atoms with Crippen molar-refractivity contribution in [2.24, 2.45) is 5.10 Å². The Hall–Kier alpha value is -4.84. The molecule has 5 aromatic rings. The molecule has 0 atom stereocenters. The number of nitrogens with one attached hydrogen (secondary N) is 1. The molecule has 35 heavy (non-hydrogen) atoms. The van der Waals surface area contributed by atoms with Crippen molar-refractivity contribution in [3.8, 4) is 0 Å². The van der Waals surface area contributed by atoms with Crippen molar-refractivity contribution in [3.63, 3.8) is 0 Å². The maximum Gasteiger partial charge on any atom is 0.260 e. The molecule has 0 aliphatic carbocycles. The minimum Gasteiger partial charge on any atom is -0.331 e. The predicted octanol–water partition coefficient (Wildman–Crippen LogP) is 4.56. The second-order valence-electron chi connectivity index (χ2n) is 8.01. The van der Waals surface area contributed by atoms with Gasteiger partial charge in [0.05, 0.1) is 11.0 Å². The normalized spacial score (nSPS) is 11.5. The number of nitrogens with zero attached hydrogens (tertiary/aromatic N) is 2. The molecule has 0 aliphatic heterocycles. The highest BCUT2D eigenvalue weighted by Gasteiger charge is 2.18. The van der Waals surface area contributed by atoms with E-state index in [-0.39, 0.29) is 23.5 Å². The van der Waals surface area contributed by atoms with Crippen molar-refractivity contribution in [2.75, 3.05) is 0 Å². The first-order valence-electron chi connectivity index (χ1n) is 11.2. The molecule has 0 bridgehead atoms. The van der Waals surface area contributed by atoms with Crippen LogP contribution in [0.5, 0.6) is 0 Å². The molecule has 0 unspecified atom stereocenters. The van der Waals surface area contributed by atoms with Crippen molar-refractivity contribution in [2.45, 2.75) is 6.54 Å². The summed E-state index contributed by atoms with van der Waals surface area (Å²) in [6.07, 6.45) is 0. The zero-order valence-corrected chi connectivity index (χ0v) is 18.7. The van der Waals surface area contributed by atoms with Gasteiger partial charge in [0.15, 0.2) is 5.43 Å². The van der Waals surface area contributed by atoms with Gasteiger partial charge in [0.2, 0.25) is 5.78 Å². The van der Waals surface area contributed by atoms with Gasteiger partial charge in [-0.3, -0.25) is 14.4 Å². The summed E-state index contributed by atoms with van der Waals surface area (Å²) in [5.74, 6) is -0.713. The highest BCUT2D eigenvalue weighted by atomic mass is 16.2. The summed E-state index contributed by atoms with van der Waals surface area (Å²) in [6.45, 7) is -0.0770. The number of para-hydroxylation sites is 2. The molecule has 0 saturated heterocycles. The van der Waals surface area contributed by atoms with Gasteiger partial charge in [-0.2, -0.15) is 5.10 Å². The van der Waals surface area contributed by atoms with Crippen LogP contribution in [0, 0.1) is 0 Å². The minimum absolute atomic E-state index is 0.0770. The first-order valence-corrected chi connectivity index (χ1v) is 11.2. The summed E-state index contributed by atoms with van der Waals surface area (Å²) in [7, 11) is 0. The van der Waals surface area contributed by atoms with E-state index in [1.54, 1.807) is 65.2 Å². The number of amides is 1. The average Bonchev–Trinajstić information content (AvgIpc) is 2.92. The van der Waals surface area contributed by atoms with E-state index in [0.29, 0.717) is 32.9 Å². The molecule has 1 amide bonds. The predicted molar refractivity (Wildman–Crippen MR) is 138 cm³/mol. The van der Waals surface area contributed by atoms with Gasteiger partial charge in [0.1, 0.15) is 12.3 Å². The molecule has 0 spiro atoms. The molecule has 6 nitrogen and oxygen atoms in total. The molecule has 5 rings (SSSR count). The second-order valence-corrected chi connectivity index (χ2v) is 8.01. The Morgan fingerprint density at radius 2 is 1.14 bits per heavy atom. The number of carbonyl (C=O) groups is 2. The third kappa shape index (κ3) is 4.37. The fourth-order valence-electron chi connectivity index (χ4n) is 4.11. The standard InChI is InChI=1S/C29H21N3O3/c33-26(19-32-24-17-9-7-15-22(24)29(35)23-16-8-10-18-25(23)32)30-31-27(20-11-3-1-4-12-20)28(34)21-13-5-2-6-14-21/h1-18H,19H2,(H,30,33)/b31-27-. The minimum atomic E-state index is -0.418. The van der Waals surface area contributed by atoms with E-state index in [0.717, 1.165) is 0 Å². The molecular weight excluding hydrogens is 438 g/mol. The number of rotatable bonds is 6. The second kappa shape index (κ2) is 9.57. The van der Waals surface area contributed by atoms with E-state index in [9.17, 15) is 14.4 Å². The molecule has 0 fully saturated rings. The van der Waals surface area contributed by atoms with E-state index in [4.69, 9.17) is 0 Å². The maximum atomic E-state index is 13.2. The summed E-state index contributed by atoms with van der Waals surface area (Å²) in [5.41, 5.74) is 4.99. The Morgan fingerprint density at radius 1 is 0.657 bits per heavy atom. The molecule has 0 saturated carbocycles. The van der Waals surface area contributed by atoms with Crippen molar-refractivity contribution < 1.29 is 9.59 Å². The van der Waals surface area contributed by atoms with E-state index in [1.165, 1.54) is 0 Å². The molecule has 1 N–H and O–H groups in total. The number of Topliss-reactive ketones (excluding diaryl/α,β-unsaturated/α-hetero) is 1. The summed E-state index contributed by atoms with van der Waals surface area (Å²) < 4.78 is 1.79. The number of benzene rings is 4. The Labute approximate surface area is 201 Å². The zero-order chi connectivity index (χ0) is 24.2.